The zero-order valence-electron chi connectivity index (χ0n) is 9.53. The predicted octanol–water partition coefficient (Wildman–Crippen LogP) is 1.29. The number of nitrogens with zero attached hydrogens (tertiary/aromatic N) is 3. The van der Waals surface area contributed by atoms with Crippen LogP contribution in [0.2, 0.25) is 0 Å². The van der Waals surface area contributed by atoms with Gasteiger partial charge in [-0.3, -0.25) is 10.1 Å². The van der Waals surface area contributed by atoms with E-state index >= 15 is 0 Å². The highest BCUT2D eigenvalue weighted by atomic mass is 16.6. The molecule has 1 N–H and O–H groups in total. The molecule has 0 bridgehead atoms. The normalized spacial score (nSPS) is 11.9. The van der Waals surface area contributed by atoms with Gasteiger partial charge in [-0.1, -0.05) is 6.92 Å². The molecule has 0 saturated heterocycles. The van der Waals surface area contributed by atoms with E-state index in [0.29, 0.717) is 6.42 Å². The van der Waals surface area contributed by atoms with E-state index in [0.717, 1.165) is 0 Å². The molecule has 0 radical (unpaired) electrons. The van der Waals surface area contributed by atoms with E-state index < -0.39 is 16.9 Å². The number of aliphatic carboxylic acids is 1. The number of rotatable bonds is 5. The largest absolute Gasteiger partial charge is 0.480 e. The van der Waals surface area contributed by atoms with Crippen LogP contribution in [0.1, 0.15) is 13.3 Å². The Balaban J connectivity index is 3.02. The van der Waals surface area contributed by atoms with Gasteiger partial charge in [0.15, 0.2) is 0 Å². The van der Waals surface area contributed by atoms with Crippen LogP contribution >= 0.6 is 0 Å². The topological polar surface area (TPSA) is 96.6 Å². The summed E-state index contributed by atoms with van der Waals surface area (Å²) in [5.74, 6) is -0.711. The summed E-state index contributed by atoms with van der Waals surface area (Å²) in [6, 6.07) is 1.77. The average molecular weight is 239 g/mol. The smallest absolute Gasteiger partial charge is 0.326 e. The van der Waals surface area contributed by atoms with Crippen LogP contribution < -0.4 is 4.90 Å². The lowest BCUT2D eigenvalue weighted by Crippen LogP contribution is -2.38. The Labute approximate surface area is 97.8 Å². The zero-order chi connectivity index (χ0) is 13.0. The molecule has 0 fully saturated rings. The Bertz CT molecular complexity index is 435. The van der Waals surface area contributed by atoms with Crippen molar-refractivity contribution in [2.24, 2.45) is 0 Å². The van der Waals surface area contributed by atoms with Crippen LogP contribution in [0, 0.1) is 10.1 Å². The standard InChI is InChI=1S/C10H13N3O4/c1-3-8(10(14)15)12(2)9-6-7(13(16)17)4-5-11-9/h4-6,8H,3H2,1-2H3,(H,14,15). The van der Waals surface area contributed by atoms with Gasteiger partial charge in [-0.2, -0.15) is 0 Å². The Morgan fingerprint density at radius 2 is 2.35 bits per heavy atom. The van der Waals surface area contributed by atoms with Gasteiger partial charge < -0.3 is 10.0 Å². The van der Waals surface area contributed by atoms with Crippen LogP contribution in [0.15, 0.2) is 18.3 Å². The molecular formula is C10H13N3O4. The van der Waals surface area contributed by atoms with Crippen molar-refractivity contribution in [2.75, 3.05) is 11.9 Å². The first kappa shape index (κ1) is 12.9. The van der Waals surface area contributed by atoms with Crippen molar-refractivity contribution < 1.29 is 14.8 Å². The third-order valence-corrected chi connectivity index (χ3v) is 2.44. The highest BCUT2D eigenvalue weighted by Gasteiger charge is 2.22. The van der Waals surface area contributed by atoms with Crippen molar-refractivity contribution in [2.45, 2.75) is 19.4 Å². The zero-order valence-corrected chi connectivity index (χ0v) is 9.53. The summed E-state index contributed by atoms with van der Waals surface area (Å²) in [5.41, 5.74) is -0.109. The maximum Gasteiger partial charge on any atom is 0.326 e. The summed E-state index contributed by atoms with van der Waals surface area (Å²) in [4.78, 5) is 26.4. The van der Waals surface area contributed by atoms with Gasteiger partial charge in [0.25, 0.3) is 5.69 Å². The lowest BCUT2D eigenvalue weighted by atomic mass is 10.2. The minimum absolute atomic E-state index is 0.109. The molecule has 0 aromatic carbocycles. The Morgan fingerprint density at radius 1 is 1.71 bits per heavy atom. The Morgan fingerprint density at radius 3 is 2.82 bits per heavy atom. The second-order valence-electron chi connectivity index (χ2n) is 3.50. The van der Waals surface area contributed by atoms with E-state index in [9.17, 15) is 14.9 Å². The number of hydrogen-bond donors (Lipinski definition) is 1. The average Bonchev–Trinajstić information content (AvgIpc) is 2.29. The SMILES string of the molecule is CCC(C(=O)O)N(C)c1cc([N+](=O)[O-])ccn1. The van der Waals surface area contributed by atoms with Crippen molar-refractivity contribution in [3.8, 4) is 0 Å². The third-order valence-electron chi connectivity index (χ3n) is 2.44. The maximum absolute atomic E-state index is 11.0. The summed E-state index contributed by atoms with van der Waals surface area (Å²) in [7, 11) is 1.55. The van der Waals surface area contributed by atoms with Gasteiger partial charge >= 0.3 is 5.97 Å². The van der Waals surface area contributed by atoms with Crippen molar-refractivity contribution in [3.05, 3.63) is 28.4 Å². The molecule has 0 aliphatic carbocycles. The third kappa shape index (κ3) is 2.90. The number of carbonyl (C=O) groups is 1. The predicted molar refractivity (Wildman–Crippen MR) is 61.0 cm³/mol. The number of aromatic nitrogens is 1. The molecule has 1 rings (SSSR count). The van der Waals surface area contributed by atoms with E-state index in [-0.39, 0.29) is 11.5 Å². The first-order valence-corrected chi connectivity index (χ1v) is 5.03. The molecular weight excluding hydrogens is 226 g/mol. The summed E-state index contributed by atoms with van der Waals surface area (Å²) in [6.45, 7) is 1.73. The fourth-order valence-electron chi connectivity index (χ4n) is 1.49. The highest BCUT2D eigenvalue weighted by Crippen LogP contribution is 2.19. The van der Waals surface area contributed by atoms with Gasteiger partial charge in [-0.05, 0) is 6.42 Å². The van der Waals surface area contributed by atoms with Crippen LogP contribution in [0.25, 0.3) is 0 Å². The van der Waals surface area contributed by atoms with Gasteiger partial charge in [0.05, 0.1) is 11.0 Å². The molecule has 92 valence electrons. The molecule has 7 heteroatoms. The summed E-state index contributed by atoms with van der Waals surface area (Å²) in [6.07, 6.45) is 1.68. The maximum atomic E-state index is 11.0. The highest BCUT2D eigenvalue weighted by molar-refractivity contribution is 5.77. The molecule has 0 spiro atoms. The first-order valence-electron chi connectivity index (χ1n) is 5.03. The number of carboxylic acids is 1. The van der Waals surface area contributed by atoms with Gasteiger partial charge in [-0.15, -0.1) is 0 Å². The van der Waals surface area contributed by atoms with E-state index in [2.05, 4.69) is 4.98 Å². The fraction of sp³-hybridized carbons (Fsp3) is 0.400. The number of pyridine rings is 1. The van der Waals surface area contributed by atoms with Crippen LogP contribution in [-0.2, 0) is 4.79 Å². The van der Waals surface area contributed by atoms with Crippen LogP contribution in [0.5, 0.6) is 0 Å². The number of nitro groups is 1. The molecule has 1 aromatic heterocycles. The quantitative estimate of drug-likeness (QED) is 0.614. The molecule has 17 heavy (non-hydrogen) atoms. The first-order chi connectivity index (χ1) is 7.97. The molecule has 1 aromatic rings. The molecule has 1 atom stereocenters. The Hall–Kier alpha value is -2.18. The molecule has 1 unspecified atom stereocenters. The monoisotopic (exact) mass is 239 g/mol. The van der Waals surface area contributed by atoms with E-state index in [1.807, 2.05) is 0 Å². The van der Waals surface area contributed by atoms with Crippen LogP contribution in [0.4, 0.5) is 11.5 Å². The van der Waals surface area contributed by atoms with Crippen molar-refractivity contribution in [3.63, 3.8) is 0 Å². The lowest BCUT2D eigenvalue weighted by molar-refractivity contribution is -0.384. The summed E-state index contributed by atoms with van der Waals surface area (Å²) < 4.78 is 0. The van der Waals surface area contributed by atoms with Gasteiger partial charge in [0.1, 0.15) is 11.9 Å². The van der Waals surface area contributed by atoms with Gasteiger partial charge in [0, 0.05) is 19.3 Å². The molecule has 0 aliphatic heterocycles. The number of carboxylic acid groups (broad SMARTS) is 1. The van der Waals surface area contributed by atoms with E-state index in [1.54, 1.807) is 14.0 Å². The van der Waals surface area contributed by atoms with Crippen molar-refractivity contribution >= 4 is 17.5 Å². The Kier molecular flexibility index (Phi) is 3.97. The number of hydrogen-bond acceptors (Lipinski definition) is 5. The lowest BCUT2D eigenvalue weighted by Gasteiger charge is -2.24. The number of likely N-dealkylation sites (N-methyl/N-ethyl adjacent to an activating group) is 1. The van der Waals surface area contributed by atoms with Crippen LogP contribution in [0.3, 0.4) is 0 Å². The minimum atomic E-state index is -0.983. The van der Waals surface area contributed by atoms with Crippen molar-refractivity contribution in [1.29, 1.82) is 0 Å². The summed E-state index contributed by atoms with van der Waals surface area (Å²) in [5, 5.41) is 19.6. The van der Waals surface area contributed by atoms with E-state index in [4.69, 9.17) is 5.11 Å². The molecule has 1 heterocycles. The van der Waals surface area contributed by atoms with Crippen molar-refractivity contribution in [1.82, 2.24) is 4.98 Å². The van der Waals surface area contributed by atoms with Gasteiger partial charge in [-0.25, -0.2) is 9.78 Å². The molecule has 0 amide bonds. The minimum Gasteiger partial charge on any atom is -0.480 e. The second kappa shape index (κ2) is 5.24. The summed E-state index contributed by atoms with van der Waals surface area (Å²) >= 11 is 0. The fourth-order valence-corrected chi connectivity index (χ4v) is 1.49. The molecule has 7 nitrogen and oxygen atoms in total. The molecule has 0 saturated carbocycles. The van der Waals surface area contributed by atoms with Crippen LogP contribution in [-0.4, -0.2) is 34.1 Å². The molecule has 0 aliphatic rings. The second-order valence-corrected chi connectivity index (χ2v) is 3.50. The number of anilines is 1. The van der Waals surface area contributed by atoms with Gasteiger partial charge in [0.2, 0.25) is 0 Å². The van der Waals surface area contributed by atoms with E-state index in [1.165, 1.54) is 23.2 Å².